The second kappa shape index (κ2) is 10.9. The summed E-state index contributed by atoms with van der Waals surface area (Å²) in [6.07, 6.45) is -5.42. The number of nitrogens with two attached hydrogens (primary N) is 1. The van der Waals surface area contributed by atoms with E-state index in [1.165, 1.54) is 13.0 Å². The number of carboxylic acids is 1. The number of carbonyl (C=O) groups excluding carboxylic acids is 1. The third-order valence-electron chi connectivity index (χ3n) is 6.48. The van der Waals surface area contributed by atoms with E-state index in [1.807, 2.05) is 0 Å². The van der Waals surface area contributed by atoms with Crippen LogP contribution in [0.25, 0.3) is 22.3 Å². The molecular formula is C30H31F3N2O5. The van der Waals surface area contributed by atoms with Gasteiger partial charge in [-0.3, -0.25) is 4.79 Å². The van der Waals surface area contributed by atoms with E-state index in [0.717, 1.165) is 23.1 Å². The van der Waals surface area contributed by atoms with E-state index in [-0.39, 0.29) is 5.56 Å². The summed E-state index contributed by atoms with van der Waals surface area (Å²) in [5.41, 5.74) is -0.381. The van der Waals surface area contributed by atoms with Crippen molar-refractivity contribution in [3.63, 3.8) is 0 Å². The molecular weight excluding hydrogens is 525 g/mol. The molecule has 1 unspecified atom stereocenters. The van der Waals surface area contributed by atoms with Gasteiger partial charge in [0.15, 0.2) is 6.10 Å². The number of aryl methyl sites for hydroxylation is 1. The van der Waals surface area contributed by atoms with Crippen LogP contribution < -0.4 is 15.6 Å². The zero-order valence-electron chi connectivity index (χ0n) is 22.6. The average Bonchev–Trinajstić information content (AvgIpc) is 2.89. The van der Waals surface area contributed by atoms with Crippen LogP contribution in [0.15, 0.2) is 54.6 Å². The smallest absolute Gasteiger partial charge is 0.416 e. The maximum Gasteiger partial charge on any atom is 0.416 e. The minimum atomic E-state index is -4.88. The zero-order chi connectivity index (χ0) is 29.4. The molecule has 40 heavy (non-hydrogen) atoms. The highest BCUT2D eigenvalue weighted by Crippen LogP contribution is 2.47. The fourth-order valence-corrected chi connectivity index (χ4v) is 4.80. The second-order valence-corrected chi connectivity index (χ2v) is 10.6. The van der Waals surface area contributed by atoms with E-state index in [0.29, 0.717) is 41.2 Å². The minimum absolute atomic E-state index is 0.0587. The number of ether oxygens (including phenoxy) is 2. The number of carbonyl (C=O) groups is 2. The van der Waals surface area contributed by atoms with Gasteiger partial charge in [-0.15, -0.1) is 0 Å². The summed E-state index contributed by atoms with van der Waals surface area (Å²) in [4.78, 5) is 24.5. The van der Waals surface area contributed by atoms with E-state index in [4.69, 9.17) is 15.3 Å². The van der Waals surface area contributed by atoms with Crippen LogP contribution in [0.3, 0.4) is 0 Å². The number of alkyl halides is 3. The van der Waals surface area contributed by atoms with Crippen molar-refractivity contribution < 1.29 is 37.3 Å². The lowest BCUT2D eigenvalue weighted by Crippen LogP contribution is -2.35. The topological polar surface area (TPSA) is 102 Å². The van der Waals surface area contributed by atoms with Gasteiger partial charge in [0.1, 0.15) is 5.75 Å². The second-order valence-electron chi connectivity index (χ2n) is 10.6. The highest BCUT2D eigenvalue weighted by Gasteiger charge is 2.41. The molecule has 0 spiro atoms. The van der Waals surface area contributed by atoms with Crippen molar-refractivity contribution in [1.82, 2.24) is 0 Å². The summed E-state index contributed by atoms with van der Waals surface area (Å²) in [5.74, 6) is 4.54. The Balaban J connectivity index is 2.11. The number of benzene rings is 3. The number of hydrazine groups is 1. The maximum absolute atomic E-state index is 14.5. The molecule has 0 saturated heterocycles. The summed E-state index contributed by atoms with van der Waals surface area (Å²) >= 11 is 0. The number of halogens is 3. The largest absolute Gasteiger partial charge is 0.493 e. The van der Waals surface area contributed by atoms with E-state index in [1.54, 1.807) is 63.2 Å². The first kappa shape index (κ1) is 29.1. The molecule has 1 amide bonds. The van der Waals surface area contributed by atoms with Crippen LogP contribution in [0.1, 0.15) is 56.9 Å². The van der Waals surface area contributed by atoms with Crippen molar-refractivity contribution in [3.8, 4) is 28.0 Å². The molecule has 0 aromatic heterocycles. The number of rotatable bonds is 6. The van der Waals surface area contributed by atoms with Crippen LogP contribution in [0.4, 0.5) is 18.9 Å². The number of carboxylic acid groups (broad SMARTS) is 1. The highest BCUT2D eigenvalue weighted by molar-refractivity contribution is 5.94. The van der Waals surface area contributed by atoms with E-state index in [9.17, 15) is 27.9 Å². The molecule has 10 heteroatoms. The van der Waals surface area contributed by atoms with Crippen LogP contribution in [-0.2, 0) is 26.9 Å². The van der Waals surface area contributed by atoms with Crippen molar-refractivity contribution >= 4 is 17.6 Å². The predicted molar refractivity (Wildman–Crippen MR) is 145 cm³/mol. The van der Waals surface area contributed by atoms with Gasteiger partial charge in [-0.1, -0.05) is 24.3 Å². The van der Waals surface area contributed by atoms with Gasteiger partial charge in [-0.25, -0.2) is 15.6 Å². The minimum Gasteiger partial charge on any atom is -0.493 e. The number of aliphatic carboxylic acids is 1. The van der Waals surface area contributed by atoms with Gasteiger partial charge < -0.3 is 14.6 Å². The Morgan fingerprint density at radius 1 is 1.05 bits per heavy atom. The van der Waals surface area contributed by atoms with Gasteiger partial charge in [0, 0.05) is 12.5 Å². The van der Waals surface area contributed by atoms with Crippen LogP contribution in [0, 0.1) is 0 Å². The van der Waals surface area contributed by atoms with E-state index in [2.05, 4.69) is 0 Å². The third kappa shape index (κ3) is 6.13. The van der Waals surface area contributed by atoms with Crippen molar-refractivity contribution in [3.05, 3.63) is 71.3 Å². The molecule has 0 aliphatic carbocycles. The maximum atomic E-state index is 14.5. The summed E-state index contributed by atoms with van der Waals surface area (Å²) in [6.45, 7) is 6.56. The van der Waals surface area contributed by atoms with Gasteiger partial charge >= 0.3 is 12.1 Å². The molecule has 1 aliphatic heterocycles. The lowest BCUT2D eigenvalue weighted by molar-refractivity contribution is -0.163. The van der Waals surface area contributed by atoms with Gasteiger partial charge in [0.05, 0.1) is 23.5 Å². The van der Waals surface area contributed by atoms with Gasteiger partial charge in [0.2, 0.25) is 5.91 Å². The van der Waals surface area contributed by atoms with Gasteiger partial charge in [-0.2, -0.15) is 13.2 Å². The Kier molecular flexibility index (Phi) is 7.96. The summed E-state index contributed by atoms with van der Waals surface area (Å²) in [5, 5.41) is 11.1. The van der Waals surface area contributed by atoms with Crippen molar-refractivity contribution in [2.24, 2.45) is 5.84 Å². The molecule has 0 fully saturated rings. The van der Waals surface area contributed by atoms with E-state index < -0.39 is 40.9 Å². The van der Waals surface area contributed by atoms with Crippen molar-refractivity contribution in [2.75, 3.05) is 11.6 Å². The predicted octanol–water partition coefficient (Wildman–Crippen LogP) is 6.53. The molecule has 4 rings (SSSR count). The van der Waals surface area contributed by atoms with Crippen LogP contribution in [-0.4, -0.2) is 29.2 Å². The fourth-order valence-electron chi connectivity index (χ4n) is 4.80. The molecule has 3 aromatic carbocycles. The van der Waals surface area contributed by atoms with Crippen LogP contribution >= 0.6 is 0 Å². The normalized spacial score (nSPS) is 14.2. The average molecular weight is 557 g/mol. The quantitative estimate of drug-likeness (QED) is 0.203. The third-order valence-corrected chi connectivity index (χ3v) is 6.48. The Hall–Kier alpha value is -3.89. The molecule has 3 N–H and O–H groups in total. The summed E-state index contributed by atoms with van der Waals surface area (Å²) < 4.78 is 55.1. The molecule has 0 radical (unpaired) electrons. The number of nitrogens with zero attached hydrogens (tertiary/aromatic N) is 1. The number of fused-ring (bicyclic) bond motifs is 1. The first-order chi connectivity index (χ1) is 18.7. The molecule has 212 valence electrons. The first-order valence-electron chi connectivity index (χ1n) is 12.7. The number of hydrogen-bond donors (Lipinski definition) is 2. The summed E-state index contributed by atoms with van der Waals surface area (Å²) in [6, 6.07) is 13.7. The molecule has 7 nitrogen and oxygen atoms in total. The summed E-state index contributed by atoms with van der Waals surface area (Å²) in [7, 11) is 0. The Morgan fingerprint density at radius 3 is 2.40 bits per heavy atom. The van der Waals surface area contributed by atoms with E-state index >= 15 is 0 Å². The van der Waals surface area contributed by atoms with Gasteiger partial charge in [-0.05, 0) is 91.8 Å². The van der Waals surface area contributed by atoms with Crippen molar-refractivity contribution in [1.29, 1.82) is 0 Å². The molecule has 0 bridgehead atoms. The van der Waals surface area contributed by atoms with Crippen LogP contribution in [0.5, 0.6) is 5.75 Å². The first-order valence-corrected chi connectivity index (χ1v) is 12.7. The Morgan fingerprint density at radius 2 is 1.77 bits per heavy atom. The number of amides is 1. The SMILES string of the molecule is CC(=O)N(N)c1cccc(-c2ccc(C(F)(F)F)c(C(OC(C)(C)C)C(=O)O)c2-c2ccc3c(c2)CCCO3)c1. The lowest BCUT2D eigenvalue weighted by Gasteiger charge is -2.30. The molecule has 1 heterocycles. The number of anilines is 1. The Labute approximate surface area is 230 Å². The zero-order valence-corrected chi connectivity index (χ0v) is 22.6. The fraction of sp³-hybridized carbons (Fsp3) is 0.333. The van der Waals surface area contributed by atoms with Gasteiger partial charge in [0.25, 0.3) is 0 Å². The molecule has 1 atom stereocenters. The molecule has 3 aromatic rings. The van der Waals surface area contributed by atoms with Crippen molar-refractivity contribution in [2.45, 2.75) is 58.4 Å². The van der Waals surface area contributed by atoms with Crippen LogP contribution in [0.2, 0.25) is 0 Å². The molecule has 1 aliphatic rings. The Bertz CT molecular complexity index is 1450. The highest BCUT2D eigenvalue weighted by atomic mass is 19.4. The lowest BCUT2D eigenvalue weighted by atomic mass is 9.84. The standard InChI is InChI=1S/C30H31F3N2O5/c1-17(36)35(34)21-9-5-7-18(16-21)22-11-12-23(30(31,32)33)26(27(28(37)38)40-29(2,3)4)25(22)20-10-13-24-19(15-20)8-6-14-39-24/h5,7,9-13,15-16,27H,6,8,14,34H2,1-4H3,(H,37,38). The molecule has 0 saturated carbocycles. The monoisotopic (exact) mass is 556 g/mol. The number of hydrogen-bond acceptors (Lipinski definition) is 5.